The molecule has 0 atom stereocenters. The van der Waals surface area contributed by atoms with Crippen molar-refractivity contribution in [2.45, 2.75) is 39.3 Å². The van der Waals surface area contributed by atoms with Gasteiger partial charge in [-0.2, -0.15) is 0 Å². The van der Waals surface area contributed by atoms with Gasteiger partial charge in [0, 0.05) is 27.7 Å². The van der Waals surface area contributed by atoms with Crippen molar-refractivity contribution < 1.29 is 4.79 Å². The number of fused-ring (bicyclic) bond motifs is 1. The van der Waals surface area contributed by atoms with Crippen LogP contribution in [0, 0.1) is 13.8 Å². The molecule has 0 radical (unpaired) electrons. The first-order valence-corrected chi connectivity index (χ1v) is 9.20. The van der Waals surface area contributed by atoms with Gasteiger partial charge in [-0.15, -0.1) is 11.3 Å². The summed E-state index contributed by atoms with van der Waals surface area (Å²) in [4.78, 5) is 34.5. The van der Waals surface area contributed by atoms with E-state index in [1.807, 2.05) is 24.0 Å². The van der Waals surface area contributed by atoms with Crippen molar-refractivity contribution in [3.05, 3.63) is 67.9 Å². The molecule has 1 aliphatic rings. The van der Waals surface area contributed by atoms with E-state index >= 15 is 0 Å². The first-order valence-electron chi connectivity index (χ1n) is 8.38. The average molecular weight is 353 g/mol. The summed E-state index contributed by atoms with van der Waals surface area (Å²) in [7, 11) is 0. The highest BCUT2D eigenvalue weighted by atomic mass is 32.1. The maximum absolute atomic E-state index is 13.1. The Labute approximate surface area is 149 Å². The van der Waals surface area contributed by atoms with Crippen LogP contribution in [0.3, 0.4) is 0 Å². The van der Waals surface area contributed by atoms with E-state index < -0.39 is 0 Å². The molecular formula is C19H19N3O2S. The summed E-state index contributed by atoms with van der Waals surface area (Å²) >= 11 is 1.69. The molecule has 6 heteroatoms. The summed E-state index contributed by atoms with van der Waals surface area (Å²) < 4.78 is 1.51. The van der Waals surface area contributed by atoms with Gasteiger partial charge in [-0.1, -0.05) is 6.07 Å². The van der Waals surface area contributed by atoms with Crippen LogP contribution < -0.4 is 5.56 Å². The number of pyridine rings is 1. The van der Waals surface area contributed by atoms with Gasteiger partial charge in [0.15, 0.2) is 0 Å². The zero-order valence-corrected chi connectivity index (χ0v) is 15.0. The van der Waals surface area contributed by atoms with Crippen LogP contribution in [0.2, 0.25) is 0 Å². The standard InChI is InChI=1S/C19H19N3O2S/c1-12-4-3-5-17-20-10-16(19(24)22(12)17)18(23)21(14-7-8-14)11-15-9-6-13(2)25-15/h3-6,9-10,14H,7-8,11H2,1-2H3. The molecule has 1 saturated carbocycles. The van der Waals surface area contributed by atoms with Crippen LogP contribution in [0.4, 0.5) is 0 Å². The second-order valence-corrected chi connectivity index (χ2v) is 7.89. The highest BCUT2D eigenvalue weighted by molar-refractivity contribution is 7.11. The predicted molar refractivity (Wildman–Crippen MR) is 98.2 cm³/mol. The normalized spacial score (nSPS) is 14.0. The van der Waals surface area contributed by atoms with Crippen molar-refractivity contribution >= 4 is 22.9 Å². The Balaban J connectivity index is 1.73. The molecule has 0 aromatic carbocycles. The number of nitrogens with zero attached hydrogens (tertiary/aromatic N) is 3. The fourth-order valence-corrected chi connectivity index (χ4v) is 3.96. The summed E-state index contributed by atoms with van der Waals surface area (Å²) in [5, 5.41) is 0. The lowest BCUT2D eigenvalue weighted by molar-refractivity contribution is 0.0729. The number of hydrogen-bond acceptors (Lipinski definition) is 4. The Morgan fingerprint density at radius 3 is 2.76 bits per heavy atom. The van der Waals surface area contributed by atoms with Crippen molar-refractivity contribution in [2.75, 3.05) is 0 Å². The summed E-state index contributed by atoms with van der Waals surface area (Å²) in [6.45, 7) is 4.45. The molecule has 4 rings (SSSR count). The molecule has 5 nitrogen and oxygen atoms in total. The molecule has 1 amide bonds. The lowest BCUT2D eigenvalue weighted by Crippen LogP contribution is -2.37. The lowest BCUT2D eigenvalue weighted by atomic mass is 10.2. The molecule has 3 aromatic rings. The fraction of sp³-hybridized carbons (Fsp3) is 0.316. The van der Waals surface area contributed by atoms with E-state index in [1.165, 1.54) is 15.5 Å². The van der Waals surface area contributed by atoms with Crippen LogP contribution in [0.15, 0.2) is 41.3 Å². The van der Waals surface area contributed by atoms with E-state index in [9.17, 15) is 9.59 Å². The number of hydrogen-bond donors (Lipinski definition) is 0. The summed E-state index contributed by atoms with van der Waals surface area (Å²) in [6.07, 6.45) is 3.42. The van der Waals surface area contributed by atoms with Gasteiger partial charge in [-0.25, -0.2) is 4.98 Å². The largest absolute Gasteiger partial charge is 0.330 e. The Kier molecular flexibility index (Phi) is 3.92. The molecule has 0 unspecified atom stereocenters. The second-order valence-electron chi connectivity index (χ2n) is 6.51. The summed E-state index contributed by atoms with van der Waals surface area (Å²) in [6, 6.07) is 9.82. The zero-order valence-electron chi connectivity index (χ0n) is 14.2. The zero-order chi connectivity index (χ0) is 17.6. The topological polar surface area (TPSA) is 54.7 Å². The number of thiophene rings is 1. The van der Waals surface area contributed by atoms with Crippen LogP contribution in [-0.2, 0) is 6.54 Å². The smallest absolute Gasteiger partial charge is 0.270 e. The summed E-state index contributed by atoms with van der Waals surface area (Å²) in [5.74, 6) is -0.219. The predicted octanol–water partition coefficient (Wildman–Crippen LogP) is 3.18. The Morgan fingerprint density at radius 1 is 1.28 bits per heavy atom. The van der Waals surface area contributed by atoms with E-state index in [-0.39, 0.29) is 23.1 Å². The maximum Gasteiger partial charge on any atom is 0.270 e. The van der Waals surface area contributed by atoms with Crippen LogP contribution >= 0.6 is 11.3 Å². The molecule has 0 bridgehead atoms. The number of aromatic nitrogens is 2. The minimum absolute atomic E-state index is 0.145. The minimum Gasteiger partial charge on any atom is -0.330 e. The van der Waals surface area contributed by atoms with Gasteiger partial charge >= 0.3 is 0 Å². The SMILES string of the molecule is Cc1ccc(CN(C(=O)c2cnc3cccc(C)n3c2=O)C2CC2)s1. The lowest BCUT2D eigenvalue weighted by Gasteiger charge is -2.21. The van der Waals surface area contributed by atoms with Gasteiger partial charge in [0.2, 0.25) is 0 Å². The van der Waals surface area contributed by atoms with Gasteiger partial charge in [0.05, 0.1) is 6.54 Å². The number of amides is 1. The number of carbonyl (C=O) groups is 1. The molecule has 0 aliphatic heterocycles. The summed E-state index contributed by atoms with van der Waals surface area (Å²) in [5.41, 5.74) is 1.19. The van der Waals surface area contributed by atoms with Gasteiger partial charge in [0.1, 0.15) is 11.2 Å². The van der Waals surface area contributed by atoms with Crippen molar-refractivity contribution in [3.8, 4) is 0 Å². The number of aryl methyl sites for hydroxylation is 2. The third-order valence-corrected chi connectivity index (χ3v) is 5.51. The fourth-order valence-electron chi connectivity index (χ4n) is 3.07. The molecular weight excluding hydrogens is 334 g/mol. The van der Waals surface area contributed by atoms with Crippen molar-refractivity contribution in [1.29, 1.82) is 0 Å². The van der Waals surface area contributed by atoms with Gasteiger partial charge in [0.25, 0.3) is 11.5 Å². The molecule has 0 N–H and O–H groups in total. The molecule has 3 heterocycles. The molecule has 3 aromatic heterocycles. The minimum atomic E-state index is -0.291. The van der Waals surface area contributed by atoms with Gasteiger partial charge in [-0.3, -0.25) is 14.0 Å². The van der Waals surface area contributed by atoms with E-state index in [0.717, 1.165) is 23.4 Å². The average Bonchev–Trinajstić information content (AvgIpc) is 3.34. The van der Waals surface area contributed by atoms with Crippen LogP contribution in [0.25, 0.3) is 5.65 Å². The van der Waals surface area contributed by atoms with Crippen LogP contribution in [0.5, 0.6) is 0 Å². The highest BCUT2D eigenvalue weighted by Crippen LogP contribution is 2.30. The van der Waals surface area contributed by atoms with E-state index in [2.05, 4.69) is 24.0 Å². The highest BCUT2D eigenvalue weighted by Gasteiger charge is 2.34. The van der Waals surface area contributed by atoms with Crippen molar-refractivity contribution in [1.82, 2.24) is 14.3 Å². The van der Waals surface area contributed by atoms with Crippen molar-refractivity contribution in [3.63, 3.8) is 0 Å². The Morgan fingerprint density at radius 2 is 2.08 bits per heavy atom. The maximum atomic E-state index is 13.1. The third kappa shape index (κ3) is 2.98. The Hall–Kier alpha value is -2.47. The molecule has 25 heavy (non-hydrogen) atoms. The van der Waals surface area contributed by atoms with Crippen LogP contribution in [-0.4, -0.2) is 26.2 Å². The molecule has 128 valence electrons. The first-order chi connectivity index (χ1) is 12.0. The Bertz CT molecular complexity index is 1020. The van der Waals surface area contributed by atoms with E-state index in [1.54, 1.807) is 17.4 Å². The quantitative estimate of drug-likeness (QED) is 0.724. The van der Waals surface area contributed by atoms with Gasteiger partial charge in [-0.05, 0) is 51.0 Å². The second kappa shape index (κ2) is 6.11. The van der Waals surface area contributed by atoms with Crippen LogP contribution in [0.1, 0.15) is 38.6 Å². The monoisotopic (exact) mass is 353 g/mol. The molecule has 1 fully saturated rings. The van der Waals surface area contributed by atoms with Crippen molar-refractivity contribution in [2.24, 2.45) is 0 Å². The molecule has 0 saturated heterocycles. The number of carbonyl (C=O) groups excluding carboxylic acids is 1. The van der Waals surface area contributed by atoms with E-state index in [0.29, 0.717) is 12.2 Å². The third-order valence-electron chi connectivity index (χ3n) is 4.53. The number of rotatable bonds is 4. The first kappa shape index (κ1) is 16.0. The molecule has 1 aliphatic carbocycles. The van der Waals surface area contributed by atoms with E-state index in [4.69, 9.17) is 0 Å². The van der Waals surface area contributed by atoms with Gasteiger partial charge < -0.3 is 4.90 Å². The molecule has 0 spiro atoms.